The van der Waals surface area contributed by atoms with Crippen molar-refractivity contribution in [3.05, 3.63) is 84.0 Å². The van der Waals surface area contributed by atoms with Gasteiger partial charge in [0.05, 0.1) is 35.6 Å². The zero-order valence-electron chi connectivity index (χ0n) is 19.8. The monoisotopic (exact) mass is 492 g/mol. The first kappa shape index (κ1) is 22.9. The van der Waals surface area contributed by atoms with Crippen molar-refractivity contribution < 1.29 is 23.7 Å². The van der Waals surface area contributed by atoms with E-state index in [1.54, 1.807) is 25.5 Å². The summed E-state index contributed by atoms with van der Waals surface area (Å²) in [7, 11) is 1.58. The van der Waals surface area contributed by atoms with E-state index in [2.05, 4.69) is 4.99 Å². The van der Waals surface area contributed by atoms with E-state index in [4.69, 9.17) is 18.9 Å². The predicted octanol–water partition coefficient (Wildman–Crippen LogP) is 2.84. The molecule has 2 aliphatic heterocycles. The first-order chi connectivity index (χ1) is 16.9. The topological polar surface area (TPSA) is 88.4 Å². The molecular formula is C26H24N2O6S. The molecule has 0 saturated carbocycles. The quantitative estimate of drug-likeness (QED) is 0.509. The molecule has 0 aliphatic carbocycles. The number of carbonyl (C=O) groups excluding carboxylic acids is 1. The first-order valence-electron chi connectivity index (χ1n) is 11.1. The zero-order valence-corrected chi connectivity index (χ0v) is 20.6. The van der Waals surface area contributed by atoms with Crippen LogP contribution in [0, 0.1) is 6.92 Å². The van der Waals surface area contributed by atoms with Gasteiger partial charge < -0.3 is 18.9 Å². The van der Waals surface area contributed by atoms with Crippen LogP contribution in [0.3, 0.4) is 0 Å². The molecule has 2 aromatic carbocycles. The number of aryl methyl sites for hydroxylation is 1. The molecule has 0 bridgehead atoms. The normalized spacial score (nSPS) is 16.7. The minimum atomic E-state index is -0.694. The third kappa shape index (κ3) is 4.01. The third-order valence-electron chi connectivity index (χ3n) is 5.97. The van der Waals surface area contributed by atoms with Gasteiger partial charge in [0.25, 0.3) is 5.56 Å². The molecule has 5 rings (SSSR count). The van der Waals surface area contributed by atoms with Gasteiger partial charge in [0, 0.05) is 0 Å². The first-order valence-corrected chi connectivity index (χ1v) is 12.0. The summed E-state index contributed by atoms with van der Waals surface area (Å²) in [4.78, 5) is 31.9. The molecule has 3 aromatic rings. The van der Waals surface area contributed by atoms with Gasteiger partial charge in [-0.1, -0.05) is 23.5 Å². The number of thiazole rings is 1. The van der Waals surface area contributed by atoms with E-state index in [-0.39, 0.29) is 19.0 Å². The maximum absolute atomic E-state index is 13.8. The zero-order chi connectivity index (χ0) is 24.7. The van der Waals surface area contributed by atoms with Crippen molar-refractivity contribution in [3.63, 3.8) is 0 Å². The summed E-state index contributed by atoms with van der Waals surface area (Å²) in [6.07, 6.45) is 1.83. The van der Waals surface area contributed by atoms with Crippen LogP contribution in [-0.2, 0) is 9.53 Å². The standard InChI is InChI=1S/C26H24N2O6S/c1-5-32-25(30)22-15(3)27-26-28(23(22)16-7-6-8-18(10-16)31-4)24(29)21(35-26)12-17-11-20-19(9-14(17)2)33-13-34-20/h6-12,23H,5,13H2,1-4H3/b21-12-/t23-/m0/s1. The van der Waals surface area contributed by atoms with Gasteiger partial charge in [-0.3, -0.25) is 9.36 Å². The molecule has 0 radical (unpaired) electrons. The highest BCUT2D eigenvalue weighted by atomic mass is 32.1. The van der Waals surface area contributed by atoms with E-state index in [0.717, 1.165) is 16.7 Å². The van der Waals surface area contributed by atoms with Crippen LogP contribution in [0.25, 0.3) is 6.08 Å². The molecule has 35 heavy (non-hydrogen) atoms. The molecular weight excluding hydrogens is 468 g/mol. The van der Waals surface area contributed by atoms with Crippen LogP contribution in [0.15, 0.2) is 57.5 Å². The molecule has 0 N–H and O–H groups in total. The Morgan fingerprint density at radius 2 is 2.00 bits per heavy atom. The number of aromatic nitrogens is 1. The highest BCUT2D eigenvalue weighted by molar-refractivity contribution is 7.07. The Balaban J connectivity index is 1.72. The molecule has 3 heterocycles. The van der Waals surface area contributed by atoms with E-state index in [0.29, 0.717) is 37.9 Å². The van der Waals surface area contributed by atoms with Crippen molar-refractivity contribution in [2.75, 3.05) is 20.5 Å². The smallest absolute Gasteiger partial charge is 0.338 e. The maximum atomic E-state index is 13.8. The average molecular weight is 493 g/mol. The minimum Gasteiger partial charge on any atom is -0.497 e. The van der Waals surface area contributed by atoms with Crippen LogP contribution < -0.4 is 29.1 Å². The van der Waals surface area contributed by atoms with Gasteiger partial charge in [-0.25, -0.2) is 9.79 Å². The second-order valence-electron chi connectivity index (χ2n) is 8.14. The molecule has 0 saturated heterocycles. The van der Waals surface area contributed by atoms with E-state index >= 15 is 0 Å². The largest absolute Gasteiger partial charge is 0.497 e. The van der Waals surface area contributed by atoms with E-state index in [1.807, 2.05) is 49.4 Å². The number of hydrogen-bond acceptors (Lipinski definition) is 8. The van der Waals surface area contributed by atoms with E-state index in [9.17, 15) is 9.59 Å². The molecule has 2 aliphatic rings. The van der Waals surface area contributed by atoms with Gasteiger partial charge in [-0.2, -0.15) is 0 Å². The van der Waals surface area contributed by atoms with Crippen molar-refractivity contribution >= 4 is 23.4 Å². The maximum Gasteiger partial charge on any atom is 0.338 e. The highest BCUT2D eigenvalue weighted by Gasteiger charge is 2.33. The Labute approximate surface area is 205 Å². The predicted molar refractivity (Wildman–Crippen MR) is 131 cm³/mol. The highest BCUT2D eigenvalue weighted by Crippen LogP contribution is 2.35. The molecule has 0 unspecified atom stereocenters. The van der Waals surface area contributed by atoms with Crippen molar-refractivity contribution in [1.82, 2.24) is 4.57 Å². The number of benzene rings is 2. The fourth-order valence-corrected chi connectivity index (χ4v) is 5.31. The number of esters is 1. The summed E-state index contributed by atoms with van der Waals surface area (Å²) in [5, 5.41) is 0. The second kappa shape index (κ2) is 9.07. The van der Waals surface area contributed by atoms with Gasteiger partial charge in [0.1, 0.15) is 5.75 Å². The molecule has 0 fully saturated rings. The fourth-order valence-electron chi connectivity index (χ4n) is 4.27. The summed E-state index contributed by atoms with van der Waals surface area (Å²) >= 11 is 1.28. The van der Waals surface area contributed by atoms with Crippen molar-refractivity contribution in [3.8, 4) is 17.2 Å². The van der Waals surface area contributed by atoms with E-state index < -0.39 is 12.0 Å². The summed E-state index contributed by atoms with van der Waals surface area (Å²) < 4.78 is 23.8. The number of fused-ring (bicyclic) bond motifs is 2. The van der Waals surface area contributed by atoms with Gasteiger partial charge in [-0.05, 0) is 67.8 Å². The molecule has 180 valence electrons. The van der Waals surface area contributed by atoms with Crippen LogP contribution in [0.4, 0.5) is 0 Å². The lowest BCUT2D eigenvalue weighted by molar-refractivity contribution is -0.139. The summed E-state index contributed by atoms with van der Waals surface area (Å²) in [6, 6.07) is 10.4. The number of nitrogens with zero attached hydrogens (tertiary/aromatic N) is 2. The molecule has 1 atom stereocenters. The molecule has 9 heteroatoms. The van der Waals surface area contributed by atoms with Gasteiger partial charge in [0.15, 0.2) is 16.3 Å². The molecule has 0 amide bonds. The minimum absolute atomic E-state index is 0.177. The van der Waals surface area contributed by atoms with Crippen LogP contribution in [-0.4, -0.2) is 31.0 Å². The third-order valence-corrected chi connectivity index (χ3v) is 6.96. The Morgan fingerprint density at radius 3 is 2.74 bits per heavy atom. The Morgan fingerprint density at radius 1 is 1.23 bits per heavy atom. The number of ether oxygens (including phenoxy) is 4. The van der Waals surface area contributed by atoms with Gasteiger partial charge >= 0.3 is 5.97 Å². The summed E-state index contributed by atoms with van der Waals surface area (Å²) in [5.41, 5.74) is 3.13. The number of methoxy groups -OCH3 is 1. The second-order valence-corrected chi connectivity index (χ2v) is 9.15. The SMILES string of the molecule is CCOC(=O)C1=C(C)N=c2s/c(=C\c3cc4c(cc3C)OCO4)c(=O)n2[C@H]1c1cccc(OC)c1. The van der Waals surface area contributed by atoms with Crippen LogP contribution in [0.2, 0.25) is 0 Å². The lowest BCUT2D eigenvalue weighted by atomic mass is 9.95. The molecule has 8 nitrogen and oxygen atoms in total. The van der Waals surface area contributed by atoms with Gasteiger partial charge in [-0.15, -0.1) is 0 Å². The molecule has 0 spiro atoms. The summed E-state index contributed by atoms with van der Waals surface area (Å²) in [6.45, 7) is 5.85. The van der Waals surface area contributed by atoms with Crippen molar-refractivity contribution in [2.24, 2.45) is 4.99 Å². The number of rotatable bonds is 5. The lowest BCUT2D eigenvalue weighted by Gasteiger charge is -2.25. The van der Waals surface area contributed by atoms with Crippen molar-refractivity contribution in [2.45, 2.75) is 26.8 Å². The van der Waals surface area contributed by atoms with Crippen LogP contribution in [0.1, 0.15) is 36.6 Å². The Bertz CT molecular complexity index is 1550. The van der Waals surface area contributed by atoms with Gasteiger partial charge in [0.2, 0.25) is 6.79 Å². The average Bonchev–Trinajstić information content (AvgIpc) is 3.42. The molecule has 1 aromatic heterocycles. The Kier molecular flexibility index (Phi) is 5.94. The summed E-state index contributed by atoms with van der Waals surface area (Å²) in [5.74, 6) is 1.46. The van der Waals surface area contributed by atoms with Crippen LogP contribution >= 0.6 is 11.3 Å². The van der Waals surface area contributed by atoms with E-state index in [1.165, 1.54) is 11.3 Å². The lowest BCUT2D eigenvalue weighted by Crippen LogP contribution is -2.39. The van der Waals surface area contributed by atoms with Crippen molar-refractivity contribution in [1.29, 1.82) is 0 Å². The number of allylic oxidation sites excluding steroid dienone is 1. The Hall–Kier alpha value is -3.85. The fraction of sp³-hybridized carbons (Fsp3) is 0.269. The van der Waals surface area contributed by atoms with Crippen LogP contribution in [0.5, 0.6) is 17.2 Å². The number of hydrogen-bond donors (Lipinski definition) is 0. The number of carbonyl (C=O) groups is 1.